The number of amides is 1. The fraction of sp³-hybridized carbons (Fsp3) is 0.174. The van der Waals surface area contributed by atoms with Crippen LogP contribution in [-0.4, -0.2) is 26.0 Å². The molecule has 0 aliphatic carbocycles. The van der Waals surface area contributed by atoms with Gasteiger partial charge in [-0.2, -0.15) is 4.39 Å². The Labute approximate surface area is 188 Å². The fourth-order valence-corrected chi connectivity index (χ4v) is 3.41. The van der Waals surface area contributed by atoms with E-state index < -0.39 is 17.9 Å². The number of nitrogens with one attached hydrogen (secondary N) is 1. The molecule has 32 heavy (non-hydrogen) atoms. The van der Waals surface area contributed by atoms with Crippen molar-refractivity contribution in [1.29, 1.82) is 0 Å². The fourth-order valence-electron chi connectivity index (χ4n) is 3.29. The molecule has 0 saturated heterocycles. The third kappa shape index (κ3) is 4.50. The van der Waals surface area contributed by atoms with Crippen LogP contribution in [0.2, 0.25) is 5.02 Å². The molecule has 1 atom stereocenters. The molecule has 1 amide bonds. The quantitative estimate of drug-likeness (QED) is 0.424. The Morgan fingerprint density at radius 3 is 2.53 bits per heavy atom. The van der Waals surface area contributed by atoms with Gasteiger partial charge in [0.05, 0.1) is 23.0 Å². The van der Waals surface area contributed by atoms with Gasteiger partial charge in [0, 0.05) is 16.8 Å². The van der Waals surface area contributed by atoms with Crippen LogP contribution in [0.1, 0.15) is 40.5 Å². The van der Waals surface area contributed by atoms with E-state index in [1.54, 1.807) is 45.0 Å². The van der Waals surface area contributed by atoms with Crippen LogP contribution in [0.25, 0.3) is 22.6 Å². The van der Waals surface area contributed by atoms with Gasteiger partial charge in [0.1, 0.15) is 11.5 Å². The van der Waals surface area contributed by atoms with E-state index in [-0.39, 0.29) is 5.69 Å². The Morgan fingerprint density at radius 2 is 1.88 bits per heavy atom. The van der Waals surface area contributed by atoms with Gasteiger partial charge in [-0.15, -0.1) is 0 Å². The van der Waals surface area contributed by atoms with Crippen molar-refractivity contribution in [3.63, 3.8) is 0 Å². The summed E-state index contributed by atoms with van der Waals surface area (Å²) >= 11 is 6.01. The van der Waals surface area contributed by atoms with Crippen LogP contribution < -0.4 is 5.32 Å². The number of aryl methyl sites for hydroxylation is 2. The molecule has 0 aliphatic heterocycles. The number of carbonyl (C=O) groups is 1. The van der Waals surface area contributed by atoms with Crippen molar-refractivity contribution in [2.24, 2.45) is 0 Å². The maximum Gasteiger partial charge on any atom is 0.270 e. The van der Waals surface area contributed by atoms with Crippen LogP contribution in [0.3, 0.4) is 0 Å². The molecule has 0 radical (unpaired) electrons. The normalized spacial score (nSPS) is 11.9. The van der Waals surface area contributed by atoms with E-state index in [1.807, 2.05) is 12.1 Å². The minimum Gasteiger partial charge on any atom is -0.361 e. The topological polar surface area (TPSA) is 93.8 Å². The highest BCUT2D eigenvalue weighted by atomic mass is 35.5. The molecular weight excluding hydrogens is 433 g/mol. The van der Waals surface area contributed by atoms with Crippen molar-refractivity contribution >= 4 is 17.5 Å². The van der Waals surface area contributed by atoms with Gasteiger partial charge in [-0.05, 0) is 56.7 Å². The molecule has 9 heteroatoms. The van der Waals surface area contributed by atoms with Gasteiger partial charge in [-0.1, -0.05) is 28.9 Å². The van der Waals surface area contributed by atoms with Crippen molar-refractivity contribution in [3.05, 3.63) is 82.3 Å². The zero-order valence-electron chi connectivity index (χ0n) is 17.6. The van der Waals surface area contributed by atoms with Crippen molar-refractivity contribution in [3.8, 4) is 22.6 Å². The van der Waals surface area contributed by atoms with Gasteiger partial charge in [-0.3, -0.25) is 4.79 Å². The molecule has 0 fully saturated rings. The molecule has 1 N–H and O–H groups in total. The summed E-state index contributed by atoms with van der Waals surface area (Å²) in [4.78, 5) is 25.7. The van der Waals surface area contributed by atoms with Crippen LogP contribution in [-0.2, 0) is 0 Å². The summed E-state index contributed by atoms with van der Waals surface area (Å²) in [5.74, 6) is -0.180. The number of hydrogen-bond donors (Lipinski definition) is 1. The van der Waals surface area contributed by atoms with Crippen LogP contribution in [0.4, 0.5) is 4.39 Å². The van der Waals surface area contributed by atoms with E-state index in [1.165, 1.54) is 12.3 Å². The summed E-state index contributed by atoms with van der Waals surface area (Å²) in [6, 6.07) is 11.2. The molecule has 0 bridgehead atoms. The largest absolute Gasteiger partial charge is 0.361 e. The Hall–Kier alpha value is -3.65. The van der Waals surface area contributed by atoms with E-state index in [0.717, 1.165) is 5.56 Å². The zero-order chi connectivity index (χ0) is 22.8. The average Bonchev–Trinajstić information content (AvgIpc) is 3.11. The van der Waals surface area contributed by atoms with Gasteiger partial charge in [0.15, 0.2) is 5.82 Å². The molecule has 3 heterocycles. The Kier molecular flexibility index (Phi) is 5.96. The molecule has 3 aromatic heterocycles. The predicted molar refractivity (Wildman–Crippen MR) is 118 cm³/mol. The molecule has 0 unspecified atom stereocenters. The molecular formula is C23H19ClFN5O2. The maximum atomic E-state index is 13.5. The molecule has 0 spiro atoms. The summed E-state index contributed by atoms with van der Waals surface area (Å²) in [7, 11) is 0. The third-order valence-electron chi connectivity index (χ3n) is 4.95. The van der Waals surface area contributed by atoms with E-state index in [9.17, 15) is 9.18 Å². The van der Waals surface area contributed by atoms with Gasteiger partial charge >= 0.3 is 0 Å². The summed E-state index contributed by atoms with van der Waals surface area (Å²) in [6.45, 7) is 5.29. The number of nitrogens with zero attached hydrogens (tertiary/aromatic N) is 4. The highest BCUT2D eigenvalue weighted by molar-refractivity contribution is 6.30. The van der Waals surface area contributed by atoms with Crippen LogP contribution >= 0.6 is 11.6 Å². The molecule has 0 aliphatic rings. The summed E-state index contributed by atoms with van der Waals surface area (Å²) in [5.41, 5.74) is 3.29. The maximum absolute atomic E-state index is 13.5. The highest BCUT2D eigenvalue weighted by Crippen LogP contribution is 2.28. The Bertz CT molecular complexity index is 1270. The number of pyridine rings is 1. The Morgan fingerprint density at radius 1 is 1.12 bits per heavy atom. The lowest BCUT2D eigenvalue weighted by Crippen LogP contribution is -2.28. The zero-order valence-corrected chi connectivity index (χ0v) is 18.3. The van der Waals surface area contributed by atoms with Crippen molar-refractivity contribution in [2.75, 3.05) is 0 Å². The number of hydrogen-bond acceptors (Lipinski definition) is 6. The summed E-state index contributed by atoms with van der Waals surface area (Å²) < 4.78 is 18.7. The lowest BCUT2D eigenvalue weighted by molar-refractivity contribution is 0.0934. The second kappa shape index (κ2) is 8.84. The summed E-state index contributed by atoms with van der Waals surface area (Å²) in [5, 5.41) is 7.40. The van der Waals surface area contributed by atoms with E-state index in [0.29, 0.717) is 39.1 Å². The summed E-state index contributed by atoms with van der Waals surface area (Å²) in [6.07, 6.45) is 1.35. The first-order valence-corrected chi connectivity index (χ1v) is 10.2. The van der Waals surface area contributed by atoms with Gasteiger partial charge < -0.3 is 9.84 Å². The SMILES string of the molecule is Cc1noc(C)c1-c1nc(C(=O)N[C@@H](C)c2ccnc(F)c2)cc(-c2ccc(Cl)cc2)n1. The number of aromatic nitrogens is 4. The molecule has 7 nitrogen and oxygen atoms in total. The molecule has 0 saturated carbocycles. The average molecular weight is 452 g/mol. The van der Waals surface area contributed by atoms with Crippen molar-refractivity contribution in [1.82, 2.24) is 25.4 Å². The Balaban J connectivity index is 1.75. The van der Waals surface area contributed by atoms with Gasteiger partial charge in [-0.25, -0.2) is 15.0 Å². The van der Waals surface area contributed by atoms with Crippen molar-refractivity contribution < 1.29 is 13.7 Å². The monoisotopic (exact) mass is 451 g/mol. The minimum atomic E-state index is -0.614. The molecule has 162 valence electrons. The van der Waals surface area contributed by atoms with Crippen LogP contribution in [0.5, 0.6) is 0 Å². The lowest BCUT2D eigenvalue weighted by Gasteiger charge is -2.15. The molecule has 1 aromatic carbocycles. The number of benzene rings is 1. The van der Waals surface area contributed by atoms with E-state index in [4.69, 9.17) is 16.1 Å². The van der Waals surface area contributed by atoms with Crippen LogP contribution in [0.15, 0.2) is 53.2 Å². The van der Waals surface area contributed by atoms with Crippen LogP contribution in [0, 0.1) is 19.8 Å². The second-order valence-electron chi connectivity index (χ2n) is 7.28. The first kappa shape index (κ1) is 21.6. The molecule has 4 aromatic rings. The second-order valence-corrected chi connectivity index (χ2v) is 7.71. The van der Waals surface area contributed by atoms with Gasteiger partial charge in [0.2, 0.25) is 5.95 Å². The smallest absolute Gasteiger partial charge is 0.270 e. The standard InChI is InChI=1S/C23H19ClFN5O2/c1-12(16-8-9-26-20(25)10-16)27-23(31)19-11-18(15-4-6-17(24)7-5-15)28-22(29-19)21-13(2)30-32-14(21)3/h4-12H,1-3H3,(H,27,31)/t12-/m0/s1. The first-order valence-electron chi connectivity index (χ1n) is 9.82. The van der Waals surface area contributed by atoms with E-state index >= 15 is 0 Å². The predicted octanol–water partition coefficient (Wildman–Crippen LogP) is 5.09. The highest BCUT2D eigenvalue weighted by Gasteiger charge is 2.20. The number of halogens is 2. The number of rotatable bonds is 5. The third-order valence-corrected chi connectivity index (χ3v) is 5.21. The minimum absolute atomic E-state index is 0.154. The van der Waals surface area contributed by atoms with Crippen molar-refractivity contribution in [2.45, 2.75) is 26.8 Å². The molecule has 4 rings (SSSR count). The van der Waals surface area contributed by atoms with E-state index in [2.05, 4.69) is 25.4 Å². The first-order chi connectivity index (χ1) is 15.3. The van der Waals surface area contributed by atoms with Gasteiger partial charge in [0.25, 0.3) is 5.91 Å². The number of carbonyl (C=O) groups excluding carboxylic acids is 1. The lowest BCUT2D eigenvalue weighted by atomic mass is 10.1.